The highest BCUT2D eigenvalue weighted by molar-refractivity contribution is 5.91. The molecule has 1 amide bonds. The number of hydrogen-bond donors (Lipinski definition) is 2. The van der Waals surface area contributed by atoms with Gasteiger partial charge in [0.25, 0.3) is 0 Å². The van der Waals surface area contributed by atoms with Gasteiger partial charge in [-0.3, -0.25) is 4.79 Å². The topological polar surface area (TPSA) is 73.6 Å². The average molecular weight is 276 g/mol. The van der Waals surface area contributed by atoms with Crippen LogP contribution >= 0.6 is 0 Å². The number of benzene rings is 1. The lowest BCUT2D eigenvalue weighted by Gasteiger charge is -2.40. The number of amides is 1. The van der Waals surface area contributed by atoms with Crippen molar-refractivity contribution in [3.8, 4) is 11.5 Å². The van der Waals surface area contributed by atoms with Crippen molar-refractivity contribution in [2.75, 3.05) is 25.1 Å². The SMILES string of the molecule is NCC1(CC(=O)Nc2ccc3c(c2)OCCO3)CCC1. The number of nitrogens with one attached hydrogen (secondary N) is 1. The van der Waals surface area contributed by atoms with Crippen molar-refractivity contribution in [1.82, 2.24) is 0 Å². The monoisotopic (exact) mass is 276 g/mol. The van der Waals surface area contributed by atoms with Gasteiger partial charge in [-0.05, 0) is 36.9 Å². The van der Waals surface area contributed by atoms with Crippen LogP contribution in [0.2, 0.25) is 0 Å². The van der Waals surface area contributed by atoms with Crippen LogP contribution in [0.25, 0.3) is 0 Å². The molecular formula is C15H20N2O3. The lowest BCUT2D eigenvalue weighted by atomic mass is 9.66. The summed E-state index contributed by atoms with van der Waals surface area (Å²) in [5, 5.41) is 2.92. The van der Waals surface area contributed by atoms with Gasteiger partial charge in [0.05, 0.1) is 0 Å². The van der Waals surface area contributed by atoms with Gasteiger partial charge < -0.3 is 20.5 Å². The molecule has 0 bridgehead atoms. The van der Waals surface area contributed by atoms with Crippen molar-refractivity contribution in [2.24, 2.45) is 11.1 Å². The predicted octanol–water partition coefficient (Wildman–Crippen LogP) is 1.92. The van der Waals surface area contributed by atoms with Crippen LogP contribution in [-0.4, -0.2) is 25.7 Å². The van der Waals surface area contributed by atoms with Crippen molar-refractivity contribution in [3.63, 3.8) is 0 Å². The van der Waals surface area contributed by atoms with E-state index in [0.29, 0.717) is 31.9 Å². The summed E-state index contributed by atoms with van der Waals surface area (Å²) in [6.45, 7) is 1.69. The van der Waals surface area contributed by atoms with Gasteiger partial charge in [0.1, 0.15) is 13.2 Å². The Morgan fingerprint density at radius 3 is 2.65 bits per heavy atom. The van der Waals surface area contributed by atoms with Gasteiger partial charge >= 0.3 is 0 Å². The first-order valence-electron chi connectivity index (χ1n) is 7.10. The molecule has 0 atom stereocenters. The van der Waals surface area contributed by atoms with Crippen LogP contribution < -0.4 is 20.5 Å². The lowest BCUT2D eigenvalue weighted by molar-refractivity contribution is -0.119. The minimum atomic E-state index is 0.0202. The molecule has 3 rings (SSSR count). The number of anilines is 1. The van der Waals surface area contributed by atoms with Crippen LogP contribution in [0.15, 0.2) is 18.2 Å². The van der Waals surface area contributed by atoms with E-state index >= 15 is 0 Å². The summed E-state index contributed by atoms with van der Waals surface area (Å²) in [6, 6.07) is 5.47. The zero-order valence-corrected chi connectivity index (χ0v) is 11.5. The van der Waals surface area contributed by atoms with Gasteiger partial charge in [-0.1, -0.05) is 6.42 Å². The fourth-order valence-electron chi connectivity index (χ4n) is 2.80. The molecule has 5 heteroatoms. The predicted molar refractivity (Wildman–Crippen MR) is 76.0 cm³/mol. The summed E-state index contributed by atoms with van der Waals surface area (Å²) in [7, 11) is 0. The fourth-order valence-corrected chi connectivity index (χ4v) is 2.80. The van der Waals surface area contributed by atoms with Gasteiger partial charge in [0.2, 0.25) is 5.91 Å². The Kier molecular flexibility index (Phi) is 3.53. The Balaban J connectivity index is 1.64. The maximum atomic E-state index is 12.1. The van der Waals surface area contributed by atoms with Crippen LogP contribution in [0.3, 0.4) is 0 Å². The second-order valence-electron chi connectivity index (χ2n) is 5.64. The molecule has 2 aliphatic rings. The van der Waals surface area contributed by atoms with Crippen molar-refractivity contribution < 1.29 is 14.3 Å². The molecule has 0 spiro atoms. The molecule has 1 aliphatic heterocycles. The number of nitrogens with two attached hydrogens (primary N) is 1. The second-order valence-corrected chi connectivity index (χ2v) is 5.64. The standard InChI is InChI=1S/C15H20N2O3/c16-10-15(4-1-5-15)9-14(18)17-11-2-3-12-13(8-11)20-7-6-19-12/h2-3,8H,1,4-7,9-10,16H2,(H,17,18). The van der Waals surface area contributed by atoms with E-state index in [0.717, 1.165) is 24.3 Å². The number of hydrogen-bond acceptors (Lipinski definition) is 4. The van der Waals surface area contributed by atoms with Crippen molar-refractivity contribution in [2.45, 2.75) is 25.7 Å². The number of carbonyl (C=O) groups is 1. The summed E-state index contributed by atoms with van der Waals surface area (Å²) in [4.78, 5) is 12.1. The highest BCUT2D eigenvalue weighted by Gasteiger charge is 2.37. The summed E-state index contributed by atoms with van der Waals surface area (Å²) < 4.78 is 11.0. The van der Waals surface area contributed by atoms with E-state index in [1.54, 1.807) is 0 Å². The fraction of sp³-hybridized carbons (Fsp3) is 0.533. The second kappa shape index (κ2) is 5.32. The van der Waals surface area contributed by atoms with Gasteiger partial charge in [-0.25, -0.2) is 0 Å². The number of ether oxygens (including phenoxy) is 2. The number of rotatable bonds is 4. The Bertz CT molecular complexity index is 506. The van der Waals surface area contributed by atoms with Crippen molar-refractivity contribution in [1.29, 1.82) is 0 Å². The molecule has 108 valence electrons. The van der Waals surface area contributed by atoms with E-state index in [-0.39, 0.29) is 11.3 Å². The molecule has 0 unspecified atom stereocenters. The normalized spacial score (nSPS) is 19.1. The van der Waals surface area contributed by atoms with Crippen LogP contribution in [0.4, 0.5) is 5.69 Å². The first kappa shape index (κ1) is 13.2. The molecule has 1 heterocycles. The molecule has 1 aromatic rings. The Morgan fingerprint density at radius 2 is 2.00 bits per heavy atom. The van der Waals surface area contributed by atoms with Crippen LogP contribution in [0, 0.1) is 5.41 Å². The largest absolute Gasteiger partial charge is 0.486 e. The number of fused-ring (bicyclic) bond motifs is 1. The third-order valence-corrected chi connectivity index (χ3v) is 4.21. The van der Waals surface area contributed by atoms with E-state index < -0.39 is 0 Å². The smallest absolute Gasteiger partial charge is 0.224 e. The summed E-state index contributed by atoms with van der Waals surface area (Å²) in [6.07, 6.45) is 3.78. The molecular weight excluding hydrogens is 256 g/mol. The average Bonchev–Trinajstić information content (AvgIpc) is 2.43. The molecule has 1 aromatic carbocycles. The molecule has 3 N–H and O–H groups in total. The van der Waals surface area contributed by atoms with Crippen LogP contribution in [0.1, 0.15) is 25.7 Å². The molecule has 1 fully saturated rings. The summed E-state index contributed by atoms with van der Waals surface area (Å²) >= 11 is 0. The van der Waals surface area contributed by atoms with E-state index in [9.17, 15) is 4.79 Å². The van der Waals surface area contributed by atoms with E-state index in [4.69, 9.17) is 15.2 Å². The molecule has 1 aliphatic carbocycles. The van der Waals surface area contributed by atoms with Gasteiger partial charge in [0, 0.05) is 18.2 Å². The first-order valence-corrected chi connectivity index (χ1v) is 7.10. The molecule has 5 nitrogen and oxygen atoms in total. The van der Waals surface area contributed by atoms with Gasteiger partial charge in [0.15, 0.2) is 11.5 Å². The maximum absolute atomic E-state index is 12.1. The van der Waals surface area contributed by atoms with E-state index in [1.165, 1.54) is 6.42 Å². The highest BCUT2D eigenvalue weighted by atomic mass is 16.6. The zero-order chi connectivity index (χ0) is 14.0. The minimum absolute atomic E-state index is 0.0202. The molecule has 1 saturated carbocycles. The van der Waals surface area contributed by atoms with Crippen molar-refractivity contribution in [3.05, 3.63) is 18.2 Å². The molecule has 20 heavy (non-hydrogen) atoms. The Labute approximate surface area is 118 Å². The van der Waals surface area contributed by atoms with Gasteiger partial charge in [-0.2, -0.15) is 0 Å². The van der Waals surface area contributed by atoms with E-state index in [2.05, 4.69) is 5.32 Å². The third-order valence-electron chi connectivity index (χ3n) is 4.21. The minimum Gasteiger partial charge on any atom is -0.486 e. The Hall–Kier alpha value is -1.75. The number of carbonyl (C=O) groups excluding carboxylic acids is 1. The molecule has 0 radical (unpaired) electrons. The highest BCUT2D eigenvalue weighted by Crippen LogP contribution is 2.43. The van der Waals surface area contributed by atoms with Crippen molar-refractivity contribution >= 4 is 11.6 Å². The van der Waals surface area contributed by atoms with E-state index in [1.807, 2.05) is 18.2 Å². The lowest BCUT2D eigenvalue weighted by Crippen LogP contribution is -2.40. The molecule has 0 aromatic heterocycles. The third kappa shape index (κ3) is 2.58. The summed E-state index contributed by atoms with van der Waals surface area (Å²) in [5.74, 6) is 1.43. The quantitative estimate of drug-likeness (QED) is 0.881. The first-order chi connectivity index (χ1) is 9.71. The molecule has 0 saturated heterocycles. The zero-order valence-electron chi connectivity index (χ0n) is 11.5. The maximum Gasteiger partial charge on any atom is 0.224 e. The Morgan fingerprint density at radius 1 is 1.25 bits per heavy atom. The van der Waals surface area contributed by atoms with Gasteiger partial charge in [-0.15, -0.1) is 0 Å². The summed E-state index contributed by atoms with van der Waals surface area (Å²) in [5.41, 5.74) is 6.55. The van der Waals surface area contributed by atoms with Crippen LogP contribution in [0.5, 0.6) is 11.5 Å². The van der Waals surface area contributed by atoms with Crippen LogP contribution in [-0.2, 0) is 4.79 Å².